The first kappa shape index (κ1) is 17.5. The molecule has 0 fully saturated rings. The van der Waals surface area contributed by atoms with E-state index in [9.17, 15) is 0 Å². The van der Waals surface area contributed by atoms with Crippen LogP contribution in [0, 0.1) is 0 Å². The molecule has 0 N–H and O–H groups in total. The van der Waals surface area contributed by atoms with Crippen LogP contribution in [0.2, 0.25) is 0 Å². The third-order valence-corrected chi connectivity index (χ3v) is 3.88. The first-order chi connectivity index (χ1) is 10.4. The van der Waals surface area contributed by atoms with Gasteiger partial charge in [-0.1, -0.05) is 93.3 Å². The molecule has 1 aromatic rings. The molecule has 1 rings (SSSR count). The molecule has 0 heteroatoms. The van der Waals surface area contributed by atoms with Crippen LogP contribution in [0.25, 0.3) is 0 Å². The lowest BCUT2D eigenvalue weighted by Crippen LogP contribution is -1.95. The molecule has 0 saturated heterocycles. The number of hydrogen-bond acceptors (Lipinski definition) is 0. The number of hydrogen-bond donors (Lipinski definition) is 0. The maximum Gasteiger partial charge on any atom is 0.00210 e. The Morgan fingerprint density at radius 1 is 0.857 bits per heavy atom. The molecule has 0 aliphatic carbocycles. The van der Waals surface area contributed by atoms with Gasteiger partial charge in [-0.25, -0.2) is 0 Å². The zero-order chi connectivity index (χ0) is 15.2. The van der Waals surface area contributed by atoms with Crippen molar-refractivity contribution in [3.05, 3.63) is 73.4 Å². The molecule has 0 amide bonds. The highest BCUT2D eigenvalue weighted by atomic mass is 14.1. The minimum absolute atomic E-state index is 0.532. The zero-order valence-electron chi connectivity index (χ0n) is 13.3. The number of rotatable bonds is 12. The SMILES string of the molecule is C=C/C=C\C(CCCCCCCCC=C)c1ccccc1. The molecule has 1 unspecified atom stereocenters. The van der Waals surface area contributed by atoms with E-state index in [2.05, 4.69) is 55.6 Å². The van der Waals surface area contributed by atoms with Crippen LogP contribution in [0.5, 0.6) is 0 Å². The second-order valence-electron chi connectivity index (χ2n) is 5.63. The summed E-state index contributed by atoms with van der Waals surface area (Å²) in [5.74, 6) is 0.532. The van der Waals surface area contributed by atoms with Gasteiger partial charge in [0.1, 0.15) is 0 Å². The van der Waals surface area contributed by atoms with Crippen molar-refractivity contribution in [1.29, 1.82) is 0 Å². The van der Waals surface area contributed by atoms with Crippen molar-refractivity contribution in [3.8, 4) is 0 Å². The summed E-state index contributed by atoms with van der Waals surface area (Å²) < 4.78 is 0. The van der Waals surface area contributed by atoms with E-state index in [0.717, 1.165) is 0 Å². The Labute approximate surface area is 131 Å². The van der Waals surface area contributed by atoms with Gasteiger partial charge in [0.05, 0.1) is 0 Å². The molecule has 0 aliphatic rings. The van der Waals surface area contributed by atoms with Crippen molar-refractivity contribution in [3.63, 3.8) is 0 Å². The molecule has 114 valence electrons. The maximum absolute atomic E-state index is 3.78. The predicted molar refractivity (Wildman–Crippen MR) is 95.7 cm³/mol. The first-order valence-electron chi connectivity index (χ1n) is 8.33. The van der Waals surface area contributed by atoms with Gasteiger partial charge in [0.15, 0.2) is 0 Å². The van der Waals surface area contributed by atoms with Crippen LogP contribution in [0.3, 0.4) is 0 Å². The van der Waals surface area contributed by atoms with Crippen molar-refractivity contribution >= 4 is 0 Å². The van der Waals surface area contributed by atoms with Crippen molar-refractivity contribution in [2.24, 2.45) is 0 Å². The summed E-state index contributed by atoms with van der Waals surface area (Å²) in [5, 5.41) is 0. The predicted octanol–water partition coefficient (Wildman–Crippen LogP) is 6.82. The minimum atomic E-state index is 0.532. The monoisotopic (exact) mass is 282 g/mol. The topological polar surface area (TPSA) is 0 Å². The smallest absolute Gasteiger partial charge is 0.00210 e. The lowest BCUT2D eigenvalue weighted by molar-refractivity contribution is 0.567. The van der Waals surface area contributed by atoms with Crippen molar-refractivity contribution in [2.75, 3.05) is 0 Å². The number of benzene rings is 1. The lowest BCUT2D eigenvalue weighted by atomic mass is 9.92. The van der Waals surface area contributed by atoms with E-state index >= 15 is 0 Å². The fourth-order valence-electron chi connectivity index (χ4n) is 2.65. The molecule has 0 radical (unpaired) electrons. The van der Waals surface area contributed by atoms with Crippen LogP contribution < -0.4 is 0 Å². The van der Waals surface area contributed by atoms with E-state index in [4.69, 9.17) is 0 Å². The van der Waals surface area contributed by atoms with Gasteiger partial charge in [0.25, 0.3) is 0 Å². The van der Waals surface area contributed by atoms with E-state index in [1.54, 1.807) is 0 Å². The molecule has 1 aromatic carbocycles. The van der Waals surface area contributed by atoms with E-state index in [1.807, 2.05) is 12.2 Å². The largest absolute Gasteiger partial charge is 0.103 e. The van der Waals surface area contributed by atoms with Gasteiger partial charge in [-0.15, -0.1) is 6.58 Å². The maximum atomic E-state index is 3.78. The molecule has 0 heterocycles. The highest BCUT2D eigenvalue weighted by Gasteiger charge is 2.06. The molecule has 0 aliphatic heterocycles. The second-order valence-corrected chi connectivity index (χ2v) is 5.63. The van der Waals surface area contributed by atoms with Crippen LogP contribution in [-0.4, -0.2) is 0 Å². The van der Waals surface area contributed by atoms with E-state index in [-0.39, 0.29) is 0 Å². The fraction of sp³-hybridized carbons (Fsp3) is 0.429. The Bertz CT molecular complexity index is 399. The Hall–Kier alpha value is -1.56. The Morgan fingerprint density at radius 2 is 1.52 bits per heavy atom. The van der Waals surface area contributed by atoms with Gasteiger partial charge in [0, 0.05) is 5.92 Å². The summed E-state index contributed by atoms with van der Waals surface area (Å²) in [6.07, 6.45) is 18.7. The van der Waals surface area contributed by atoms with Gasteiger partial charge in [0.2, 0.25) is 0 Å². The van der Waals surface area contributed by atoms with Gasteiger partial charge < -0.3 is 0 Å². The molecule has 21 heavy (non-hydrogen) atoms. The summed E-state index contributed by atoms with van der Waals surface area (Å²) in [5.41, 5.74) is 1.42. The lowest BCUT2D eigenvalue weighted by Gasteiger charge is -2.13. The molecular weight excluding hydrogens is 252 g/mol. The summed E-state index contributed by atoms with van der Waals surface area (Å²) in [7, 11) is 0. The Balaban J connectivity index is 2.26. The standard InChI is InChI=1S/C21H30/c1-3-5-7-8-9-10-11-13-17-20(16-6-4-2)21-18-14-12-15-19-21/h3-4,6,12,14-16,18-20H,1-2,5,7-11,13,17H2/b16-6-. The number of unbranched alkanes of at least 4 members (excludes halogenated alkanes) is 6. The van der Waals surface area contributed by atoms with Crippen LogP contribution in [0.1, 0.15) is 62.8 Å². The molecule has 0 bridgehead atoms. The third kappa shape index (κ3) is 8.34. The van der Waals surface area contributed by atoms with E-state index in [0.29, 0.717) is 5.92 Å². The number of allylic oxidation sites excluding steroid dienone is 4. The zero-order valence-corrected chi connectivity index (χ0v) is 13.3. The van der Waals surface area contributed by atoms with Crippen molar-refractivity contribution in [1.82, 2.24) is 0 Å². The van der Waals surface area contributed by atoms with Gasteiger partial charge in [-0.2, -0.15) is 0 Å². The first-order valence-corrected chi connectivity index (χ1v) is 8.33. The molecule has 0 aromatic heterocycles. The summed E-state index contributed by atoms with van der Waals surface area (Å²) in [6, 6.07) is 10.8. The van der Waals surface area contributed by atoms with Crippen LogP contribution in [0.4, 0.5) is 0 Å². The molecule has 1 atom stereocenters. The fourth-order valence-corrected chi connectivity index (χ4v) is 2.65. The van der Waals surface area contributed by atoms with Crippen LogP contribution in [0.15, 0.2) is 67.8 Å². The quantitative estimate of drug-likeness (QED) is 0.224. The van der Waals surface area contributed by atoms with Crippen molar-refractivity contribution in [2.45, 2.75) is 57.3 Å². The molecule has 0 spiro atoms. The molecule has 0 nitrogen and oxygen atoms in total. The third-order valence-electron chi connectivity index (χ3n) is 3.88. The molecular formula is C21H30. The summed E-state index contributed by atoms with van der Waals surface area (Å²) >= 11 is 0. The van der Waals surface area contributed by atoms with E-state index in [1.165, 1.54) is 56.9 Å². The highest BCUT2D eigenvalue weighted by molar-refractivity contribution is 5.24. The summed E-state index contributed by atoms with van der Waals surface area (Å²) in [6.45, 7) is 7.54. The average Bonchev–Trinajstić information content (AvgIpc) is 2.53. The average molecular weight is 282 g/mol. The molecule has 0 saturated carbocycles. The Morgan fingerprint density at radius 3 is 2.19 bits per heavy atom. The van der Waals surface area contributed by atoms with Crippen molar-refractivity contribution < 1.29 is 0 Å². The van der Waals surface area contributed by atoms with E-state index < -0.39 is 0 Å². The van der Waals surface area contributed by atoms with Crippen LogP contribution >= 0.6 is 0 Å². The van der Waals surface area contributed by atoms with Crippen LogP contribution in [-0.2, 0) is 0 Å². The van der Waals surface area contributed by atoms with Gasteiger partial charge in [-0.3, -0.25) is 0 Å². The Kier molecular flexibility index (Phi) is 10.2. The minimum Gasteiger partial charge on any atom is -0.103 e. The van der Waals surface area contributed by atoms with Gasteiger partial charge >= 0.3 is 0 Å². The highest BCUT2D eigenvalue weighted by Crippen LogP contribution is 2.24. The summed E-state index contributed by atoms with van der Waals surface area (Å²) in [4.78, 5) is 0. The second kappa shape index (κ2) is 12.2. The van der Waals surface area contributed by atoms with Gasteiger partial charge in [-0.05, 0) is 24.8 Å². The normalized spacial score (nSPS) is 12.4.